The average Bonchev–Trinajstić information content (AvgIpc) is 2.50. The Morgan fingerprint density at radius 1 is 1.10 bits per heavy atom. The van der Waals surface area contributed by atoms with Gasteiger partial charge >= 0.3 is 5.69 Å². The van der Waals surface area contributed by atoms with E-state index in [-0.39, 0.29) is 11.2 Å². The maximum atomic E-state index is 12.4. The zero-order valence-corrected chi connectivity index (χ0v) is 13.7. The third-order valence-corrected chi connectivity index (χ3v) is 4.43. The van der Waals surface area contributed by atoms with Crippen LogP contribution in [0.5, 0.6) is 0 Å². The second kappa shape index (κ2) is 6.43. The molecule has 0 atom stereocenters. The molecule has 114 valence electrons. The molecule has 0 aliphatic heterocycles. The fourth-order valence-electron chi connectivity index (χ4n) is 2.05. The monoisotopic (exact) mass is 308 g/mol. The molecule has 0 spiro atoms. The van der Waals surface area contributed by atoms with Crippen molar-refractivity contribution in [3.8, 4) is 0 Å². The summed E-state index contributed by atoms with van der Waals surface area (Å²) in [4.78, 5) is 33.3. The summed E-state index contributed by atoms with van der Waals surface area (Å²) in [5.74, 6) is 1.56. The van der Waals surface area contributed by atoms with Gasteiger partial charge in [-0.2, -0.15) is 0 Å². The van der Waals surface area contributed by atoms with E-state index in [9.17, 15) is 9.59 Å². The molecule has 2 rings (SSSR count). The largest absolute Gasteiger partial charge is 0.332 e. The van der Waals surface area contributed by atoms with E-state index in [1.54, 1.807) is 18.8 Å². The van der Waals surface area contributed by atoms with Crippen molar-refractivity contribution in [2.24, 2.45) is 14.1 Å². The van der Waals surface area contributed by atoms with Gasteiger partial charge in [-0.05, 0) is 12.2 Å². The third kappa shape index (κ3) is 2.88. The van der Waals surface area contributed by atoms with Crippen molar-refractivity contribution >= 4 is 22.8 Å². The van der Waals surface area contributed by atoms with Crippen LogP contribution >= 0.6 is 11.8 Å². The molecule has 2 aromatic heterocycles. The summed E-state index contributed by atoms with van der Waals surface area (Å²) in [5, 5.41) is 1.12. The number of aromatic nitrogens is 4. The van der Waals surface area contributed by atoms with Gasteiger partial charge in [0.1, 0.15) is 16.2 Å². The maximum absolute atomic E-state index is 12.4. The Hall–Kier alpha value is -1.63. The SMILES string of the molecule is CCCCSc1nc(CC)nc2c1c(=O)n(C)c(=O)n2C. The lowest BCUT2D eigenvalue weighted by Gasteiger charge is -2.11. The first-order valence-electron chi connectivity index (χ1n) is 7.10. The Morgan fingerprint density at radius 2 is 1.81 bits per heavy atom. The smallest absolute Gasteiger partial charge is 0.280 e. The minimum atomic E-state index is -0.363. The van der Waals surface area contributed by atoms with Crippen molar-refractivity contribution in [2.75, 3.05) is 5.75 Å². The molecule has 0 saturated carbocycles. The highest BCUT2D eigenvalue weighted by Crippen LogP contribution is 2.23. The molecule has 0 radical (unpaired) electrons. The van der Waals surface area contributed by atoms with E-state index in [1.807, 2.05) is 6.92 Å². The molecule has 0 N–H and O–H groups in total. The number of hydrogen-bond acceptors (Lipinski definition) is 5. The van der Waals surface area contributed by atoms with Gasteiger partial charge in [0.2, 0.25) is 0 Å². The normalized spacial score (nSPS) is 11.2. The Bertz CT molecular complexity index is 779. The summed E-state index contributed by atoms with van der Waals surface area (Å²) < 4.78 is 2.53. The van der Waals surface area contributed by atoms with Gasteiger partial charge in [0.05, 0.1) is 0 Å². The zero-order valence-electron chi connectivity index (χ0n) is 12.8. The van der Waals surface area contributed by atoms with Crippen molar-refractivity contribution in [1.82, 2.24) is 19.1 Å². The molecule has 0 bridgehead atoms. The highest BCUT2D eigenvalue weighted by molar-refractivity contribution is 7.99. The first-order chi connectivity index (χ1) is 10.0. The molecule has 21 heavy (non-hydrogen) atoms. The predicted molar refractivity (Wildman–Crippen MR) is 85.0 cm³/mol. The predicted octanol–water partition coefficient (Wildman–Crippen LogP) is 1.48. The first-order valence-corrected chi connectivity index (χ1v) is 8.09. The van der Waals surface area contributed by atoms with Crippen LogP contribution in [0.1, 0.15) is 32.5 Å². The number of aryl methyl sites for hydroxylation is 2. The number of fused-ring (bicyclic) bond motifs is 1. The van der Waals surface area contributed by atoms with Gasteiger partial charge in [-0.15, -0.1) is 11.8 Å². The lowest BCUT2D eigenvalue weighted by molar-refractivity contribution is 0.698. The topological polar surface area (TPSA) is 69.8 Å². The zero-order chi connectivity index (χ0) is 15.6. The van der Waals surface area contributed by atoms with Gasteiger partial charge in [0.15, 0.2) is 5.65 Å². The summed E-state index contributed by atoms with van der Waals surface area (Å²) in [6.07, 6.45) is 2.82. The molecule has 0 aliphatic rings. The molecule has 0 saturated heterocycles. The summed E-state index contributed by atoms with van der Waals surface area (Å²) in [7, 11) is 3.12. The van der Waals surface area contributed by atoms with Crippen LogP contribution in [0.3, 0.4) is 0 Å². The summed E-state index contributed by atoms with van der Waals surface area (Å²) in [6.45, 7) is 4.08. The second-order valence-electron chi connectivity index (χ2n) is 4.90. The van der Waals surface area contributed by atoms with Gasteiger partial charge in [-0.3, -0.25) is 13.9 Å². The second-order valence-corrected chi connectivity index (χ2v) is 5.99. The average molecular weight is 308 g/mol. The van der Waals surface area contributed by atoms with E-state index in [4.69, 9.17) is 0 Å². The lowest BCUT2D eigenvalue weighted by atomic mass is 10.3. The van der Waals surface area contributed by atoms with Crippen LogP contribution in [-0.4, -0.2) is 24.9 Å². The summed E-state index contributed by atoms with van der Waals surface area (Å²) in [6, 6.07) is 0. The van der Waals surface area contributed by atoms with Crippen LogP contribution in [-0.2, 0) is 20.5 Å². The molecule has 2 aromatic rings. The highest BCUT2D eigenvalue weighted by Gasteiger charge is 2.16. The van der Waals surface area contributed by atoms with Crippen LogP contribution in [0.4, 0.5) is 0 Å². The van der Waals surface area contributed by atoms with E-state index in [1.165, 1.54) is 11.6 Å². The number of thioether (sulfide) groups is 1. The number of rotatable bonds is 5. The molecule has 0 aromatic carbocycles. The quantitative estimate of drug-likeness (QED) is 0.475. The van der Waals surface area contributed by atoms with Crippen LogP contribution < -0.4 is 11.2 Å². The molecule has 0 fully saturated rings. The van der Waals surface area contributed by atoms with Gasteiger partial charge in [-0.1, -0.05) is 20.3 Å². The Morgan fingerprint density at radius 3 is 2.43 bits per heavy atom. The summed E-state index contributed by atoms with van der Waals surface area (Å²) >= 11 is 1.56. The first kappa shape index (κ1) is 15.8. The molecule has 0 unspecified atom stereocenters. The van der Waals surface area contributed by atoms with Crippen LogP contribution in [0.2, 0.25) is 0 Å². The number of unbranched alkanes of at least 4 members (excludes halogenated alkanes) is 1. The standard InChI is InChI=1S/C14H20N4O2S/c1-5-7-8-21-12-10-11(15-9(6-2)16-12)17(3)14(20)18(4)13(10)19/h5-8H2,1-4H3. The molecular weight excluding hydrogens is 288 g/mol. The summed E-state index contributed by atoms with van der Waals surface area (Å²) in [5.41, 5.74) is -0.263. The Kier molecular flexibility index (Phi) is 4.82. The Labute approximate surface area is 127 Å². The number of hydrogen-bond donors (Lipinski definition) is 0. The van der Waals surface area contributed by atoms with E-state index in [0.717, 1.165) is 23.2 Å². The Balaban J connectivity index is 2.77. The van der Waals surface area contributed by atoms with Crippen LogP contribution in [0, 0.1) is 0 Å². The lowest BCUT2D eigenvalue weighted by Crippen LogP contribution is -2.37. The molecule has 6 nitrogen and oxygen atoms in total. The van der Waals surface area contributed by atoms with E-state index >= 15 is 0 Å². The van der Waals surface area contributed by atoms with Crippen LogP contribution in [0.15, 0.2) is 14.6 Å². The van der Waals surface area contributed by atoms with Gasteiger partial charge in [0, 0.05) is 20.5 Å². The van der Waals surface area contributed by atoms with Crippen molar-refractivity contribution in [2.45, 2.75) is 38.1 Å². The van der Waals surface area contributed by atoms with Gasteiger partial charge in [-0.25, -0.2) is 14.8 Å². The maximum Gasteiger partial charge on any atom is 0.332 e. The molecule has 0 aliphatic carbocycles. The minimum Gasteiger partial charge on any atom is -0.280 e. The molecule has 2 heterocycles. The fourth-order valence-corrected chi connectivity index (χ4v) is 3.17. The van der Waals surface area contributed by atoms with Crippen molar-refractivity contribution < 1.29 is 0 Å². The van der Waals surface area contributed by atoms with Crippen LogP contribution in [0.25, 0.3) is 11.0 Å². The molecule has 0 amide bonds. The third-order valence-electron chi connectivity index (χ3n) is 3.37. The van der Waals surface area contributed by atoms with Gasteiger partial charge in [0.25, 0.3) is 5.56 Å². The van der Waals surface area contributed by atoms with E-state index < -0.39 is 0 Å². The van der Waals surface area contributed by atoms with Crippen molar-refractivity contribution in [1.29, 1.82) is 0 Å². The number of nitrogens with zero attached hydrogens (tertiary/aromatic N) is 4. The highest BCUT2D eigenvalue weighted by atomic mass is 32.2. The van der Waals surface area contributed by atoms with E-state index in [0.29, 0.717) is 28.3 Å². The fraction of sp³-hybridized carbons (Fsp3) is 0.571. The van der Waals surface area contributed by atoms with E-state index in [2.05, 4.69) is 16.9 Å². The molecular formula is C14H20N4O2S. The minimum absolute atomic E-state index is 0.324. The molecule has 7 heteroatoms. The van der Waals surface area contributed by atoms with Crippen molar-refractivity contribution in [3.05, 3.63) is 26.7 Å². The van der Waals surface area contributed by atoms with Gasteiger partial charge < -0.3 is 0 Å². The van der Waals surface area contributed by atoms with Crippen molar-refractivity contribution in [3.63, 3.8) is 0 Å².